The molecule has 0 rings (SSSR count). The van der Waals surface area contributed by atoms with Crippen molar-refractivity contribution in [3.05, 3.63) is 24.3 Å². The minimum atomic E-state index is -4.38. The number of rotatable bonds is 52. The molecule has 0 aromatic heterocycles. The van der Waals surface area contributed by atoms with Crippen molar-refractivity contribution in [2.24, 2.45) is 0 Å². The number of esters is 2. The Morgan fingerprint density at radius 3 is 1.12 bits per heavy atom. The van der Waals surface area contributed by atoms with Crippen molar-refractivity contribution < 1.29 is 42.1 Å². The number of nitrogens with zero attached hydrogens (tertiary/aromatic N) is 1. The molecule has 0 saturated carbocycles. The molecule has 10 heteroatoms. The highest BCUT2D eigenvalue weighted by Gasteiger charge is 2.27. The molecule has 66 heavy (non-hydrogen) atoms. The molecule has 0 aromatic rings. The molecule has 2 atom stereocenters. The Morgan fingerprint density at radius 1 is 0.455 bits per heavy atom. The lowest BCUT2D eigenvalue weighted by molar-refractivity contribution is -0.870. The topological polar surface area (TPSA) is 108 Å². The van der Waals surface area contributed by atoms with Crippen molar-refractivity contribution in [1.82, 2.24) is 0 Å². The summed E-state index contributed by atoms with van der Waals surface area (Å²) in [5, 5.41) is 0. The van der Waals surface area contributed by atoms with E-state index in [0.29, 0.717) is 17.4 Å². The van der Waals surface area contributed by atoms with Crippen molar-refractivity contribution in [2.45, 2.75) is 277 Å². The van der Waals surface area contributed by atoms with E-state index in [1.54, 1.807) is 0 Å². The second-order valence-electron chi connectivity index (χ2n) is 20.3. The third-order valence-corrected chi connectivity index (χ3v) is 13.4. The van der Waals surface area contributed by atoms with Crippen LogP contribution in [0.5, 0.6) is 0 Å². The molecular weight excluding hydrogens is 846 g/mol. The van der Waals surface area contributed by atoms with Crippen LogP contribution < -0.4 is 0 Å². The van der Waals surface area contributed by atoms with E-state index in [4.69, 9.17) is 18.5 Å². The van der Waals surface area contributed by atoms with E-state index in [-0.39, 0.29) is 32.0 Å². The molecule has 0 aliphatic rings. The third kappa shape index (κ3) is 51.9. The zero-order chi connectivity index (χ0) is 48.5. The number of quaternary nitrogens is 1. The number of hydrogen-bond donors (Lipinski definition) is 1. The van der Waals surface area contributed by atoms with Gasteiger partial charge in [0, 0.05) is 12.8 Å². The molecule has 0 aromatic carbocycles. The summed E-state index contributed by atoms with van der Waals surface area (Å²) >= 11 is 0. The number of ether oxygens (including phenoxy) is 2. The van der Waals surface area contributed by atoms with Gasteiger partial charge in [0.1, 0.15) is 19.8 Å². The van der Waals surface area contributed by atoms with Crippen molar-refractivity contribution >= 4 is 19.8 Å². The summed E-state index contributed by atoms with van der Waals surface area (Å²) < 4.78 is 34.5. The Hall–Kier alpha value is -1.51. The lowest BCUT2D eigenvalue weighted by atomic mass is 10.1. The first-order chi connectivity index (χ1) is 32.0. The highest BCUT2D eigenvalue weighted by Crippen LogP contribution is 2.43. The van der Waals surface area contributed by atoms with Crippen LogP contribution in [0.4, 0.5) is 0 Å². The van der Waals surface area contributed by atoms with Crippen molar-refractivity contribution in [3.8, 4) is 0 Å². The number of carbonyl (C=O) groups excluding carboxylic acids is 2. The van der Waals surface area contributed by atoms with Crippen LogP contribution in [0.25, 0.3) is 0 Å². The predicted molar refractivity (Wildman–Crippen MR) is 280 cm³/mol. The van der Waals surface area contributed by atoms with Gasteiger partial charge in [0.2, 0.25) is 0 Å². The van der Waals surface area contributed by atoms with Gasteiger partial charge in [-0.3, -0.25) is 18.6 Å². The summed E-state index contributed by atoms with van der Waals surface area (Å²) in [4.78, 5) is 35.6. The minimum absolute atomic E-state index is 0.0329. The maximum atomic E-state index is 12.8. The Morgan fingerprint density at radius 2 is 0.773 bits per heavy atom. The van der Waals surface area contributed by atoms with E-state index in [0.717, 1.165) is 38.5 Å². The van der Waals surface area contributed by atoms with Crippen LogP contribution in [0, 0.1) is 0 Å². The van der Waals surface area contributed by atoms with E-state index >= 15 is 0 Å². The van der Waals surface area contributed by atoms with Crippen LogP contribution in [0.1, 0.15) is 271 Å². The molecule has 0 aliphatic carbocycles. The van der Waals surface area contributed by atoms with Crippen molar-refractivity contribution in [1.29, 1.82) is 0 Å². The van der Waals surface area contributed by atoms with Gasteiger partial charge < -0.3 is 18.9 Å². The fourth-order valence-electron chi connectivity index (χ4n) is 8.07. The van der Waals surface area contributed by atoms with Gasteiger partial charge in [-0.25, -0.2) is 4.57 Å². The SMILES string of the molecule is CCCCCCCCCC/C=C\CCCCCCCCCCCC(=O)OCC(COP(=O)(O)OCC[N+](C)(C)C)OC(=O)CCCCCCCCCCC/C=C\CCCCCCCCCC. The molecule has 9 nitrogen and oxygen atoms in total. The molecule has 0 fully saturated rings. The molecule has 0 saturated heterocycles. The van der Waals surface area contributed by atoms with Crippen LogP contribution in [0.15, 0.2) is 24.3 Å². The number of carbonyl (C=O) groups is 2. The molecule has 1 N–H and O–H groups in total. The lowest BCUT2D eigenvalue weighted by Crippen LogP contribution is -2.37. The minimum Gasteiger partial charge on any atom is -0.462 e. The molecular formula is C56H109NO8P+. The van der Waals surface area contributed by atoms with E-state index < -0.39 is 26.5 Å². The summed E-state index contributed by atoms with van der Waals surface area (Å²) in [6.45, 7) is 4.47. The molecule has 2 unspecified atom stereocenters. The van der Waals surface area contributed by atoms with Crippen LogP contribution in [-0.4, -0.2) is 74.9 Å². The predicted octanol–water partition coefficient (Wildman–Crippen LogP) is 17.0. The summed E-state index contributed by atoms with van der Waals surface area (Å²) in [5.41, 5.74) is 0. The molecule has 0 spiro atoms. The summed E-state index contributed by atoms with van der Waals surface area (Å²) in [6, 6.07) is 0. The lowest BCUT2D eigenvalue weighted by Gasteiger charge is -2.24. The first-order valence-corrected chi connectivity index (χ1v) is 29.6. The van der Waals surface area contributed by atoms with Gasteiger partial charge in [-0.15, -0.1) is 0 Å². The van der Waals surface area contributed by atoms with Gasteiger partial charge in [-0.05, 0) is 64.2 Å². The zero-order valence-electron chi connectivity index (χ0n) is 44.2. The molecule has 0 radical (unpaired) electrons. The van der Waals surface area contributed by atoms with Crippen molar-refractivity contribution in [2.75, 3.05) is 47.5 Å². The first-order valence-electron chi connectivity index (χ1n) is 28.1. The van der Waals surface area contributed by atoms with Gasteiger partial charge in [-0.2, -0.15) is 0 Å². The number of phosphoric acid groups is 1. The van der Waals surface area contributed by atoms with E-state index in [1.807, 2.05) is 21.1 Å². The number of hydrogen-bond acceptors (Lipinski definition) is 7. The summed E-state index contributed by atoms with van der Waals surface area (Å²) in [6.07, 6.45) is 56.6. The smallest absolute Gasteiger partial charge is 0.462 e. The average molecular weight is 955 g/mol. The highest BCUT2D eigenvalue weighted by molar-refractivity contribution is 7.47. The molecule has 0 aliphatic heterocycles. The van der Waals surface area contributed by atoms with Crippen LogP contribution in [-0.2, 0) is 32.7 Å². The standard InChI is InChI=1S/C56H108NO8P/c1-6-8-10-12-14-16-18-20-22-24-26-28-30-32-34-36-38-40-42-44-46-48-55(58)62-52-54(53-64-66(60,61)63-51-50-57(3,4)5)65-56(59)49-47-45-43-41-39-37-35-33-31-29-27-25-23-21-19-17-15-13-11-9-7-2/h24-27,54H,6-23,28-53H2,1-5H3/p+1/b26-24-,27-25-. The van der Waals surface area contributed by atoms with E-state index in [9.17, 15) is 19.0 Å². The van der Waals surface area contributed by atoms with E-state index in [2.05, 4.69) is 38.2 Å². The number of allylic oxidation sites excluding steroid dienone is 4. The Labute approximate surface area is 409 Å². The maximum Gasteiger partial charge on any atom is 0.472 e. The zero-order valence-corrected chi connectivity index (χ0v) is 45.1. The highest BCUT2D eigenvalue weighted by atomic mass is 31.2. The monoisotopic (exact) mass is 955 g/mol. The van der Waals surface area contributed by atoms with Gasteiger partial charge in [0.05, 0.1) is 27.7 Å². The largest absolute Gasteiger partial charge is 0.472 e. The second kappa shape index (κ2) is 48.5. The van der Waals surface area contributed by atoms with Gasteiger partial charge in [0.25, 0.3) is 0 Å². The molecule has 390 valence electrons. The fraction of sp³-hybridized carbons (Fsp3) is 0.893. The summed E-state index contributed by atoms with van der Waals surface area (Å²) in [7, 11) is 1.49. The van der Waals surface area contributed by atoms with Crippen LogP contribution in [0.2, 0.25) is 0 Å². The molecule has 0 amide bonds. The van der Waals surface area contributed by atoms with Crippen molar-refractivity contribution in [3.63, 3.8) is 0 Å². The normalized spacial score (nSPS) is 13.5. The number of likely N-dealkylation sites (N-methyl/N-ethyl adjacent to an activating group) is 1. The Bertz CT molecular complexity index is 1170. The van der Waals surface area contributed by atoms with Gasteiger partial charge >= 0.3 is 19.8 Å². The maximum absolute atomic E-state index is 12.8. The first kappa shape index (κ1) is 64.5. The molecule has 0 bridgehead atoms. The Balaban J connectivity index is 4.18. The summed E-state index contributed by atoms with van der Waals surface area (Å²) in [5.74, 6) is -0.790. The quantitative estimate of drug-likeness (QED) is 0.0211. The Kier molecular flexibility index (Phi) is 47.4. The van der Waals surface area contributed by atoms with Gasteiger partial charge in [0.15, 0.2) is 6.10 Å². The van der Waals surface area contributed by atoms with Crippen LogP contribution >= 0.6 is 7.82 Å². The van der Waals surface area contributed by atoms with E-state index in [1.165, 1.54) is 199 Å². The number of phosphoric ester groups is 1. The average Bonchev–Trinajstić information content (AvgIpc) is 3.27. The van der Waals surface area contributed by atoms with Crippen LogP contribution in [0.3, 0.4) is 0 Å². The molecule has 0 heterocycles. The fourth-order valence-corrected chi connectivity index (χ4v) is 8.81. The number of unbranched alkanes of at least 4 members (excludes halogenated alkanes) is 34. The van der Waals surface area contributed by atoms with Gasteiger partial charge in [-0.1, -0.05) is 218 Å². The second-order valence-corrected chi connectivity index (χ2v) is 21.8. The third-order valence-electron chi connectivity index (χ3n) is 12.5.